The molecule has 1 fully saturated rings. The van der Waals surface area contributed by atoms with E-state index in [1.54, 1.807) is 24.3 Å². The van der Waals surface area contributed by atoms with Crippen LogP contribution in [-0.2, 0) is 31.2 Å². The Morgan fingerprint density at radius 2 is 1.84 bits per heavy atom. The second-order valence-corrected chi connectivity index (χ2v) is 11.5. The van der Waals surface area contributed by atoms with E-state index < -0.39 is 31.7 Å². The molecule has 2 aromatic carbocycles. The van der Waals surface area contributed by atoms with Crippen LogP contribution >= 0.6 is 0 Å². The average molecular weight is 480 g/mol. The summed E-state index contributed by atoms with van der Waals surface area (Å²) in [5.74, 6) is -1.15. The third kappa shape index (κ3) is 4.92. The quantitative estimate of drug-likeness (QED) is 0.516. The molecule has 1 aromatic heterocycles. The van der Waals surface area contributed by atoms with Gasteiger partial charge in [-0.3, -0.25) is 9.36 Å². The lowest BCUT2D eigenvalue weighted by molar-refractivity contribution is -0.116. The number of rotatable bonds is 7. The fourth-order valence-electron chi connectivity index (χ4n) is 3.56. The minimum absolute atomic E-state index is 0.0151. The number of sulfone groups is 1. The van der Waals surface area contributed by atoms with Crippen molar-refractivity contribution in [1.29, 1.82) is 0 Å². The van der Waals surface area contributed by atoms with Crippen molar-refractivity contribution in [1.82, 2.24) is 9.29 Å². The van der Waals surface area contributed by atoms with E-state index >= 15 is 0 Å². The molecule has 0 saturated carbocycles. The molecule has 4 rings (SSSR count). The third-order valence-electron chi connectivity index (χ3n) is 5.14. The molecule has 0 radical (unpaired) electrons. The lowest BCUT2D eigenvalue weighted by Crippen LogP contribution is -2.35. The maximum atomic E-state index is 12.5. The first-order chi connectivity index (χ1) is 15.1. The molecule has 1 aliphatic rings. The van der Waals surface area contributed by atoms with Crippen LogP contribution < -0.4 is 15.8 Å². The van der Waals surface area contributed by atoms with Crippen LogP contribution in [0.2, 0.25) is 0 Å². The van der Waals surface area contributed by atoms with E-state index in [1.165, 1.54) is 28.8 Å². The van der Waals surface area contributed by atoms with Gasteiger partial charge in [0.15, 0.2) is 15.4 Å². The summed E-state index contributed by atoms with van der Waals surface area (Å²) in [5.41, 5.74) is 1.43. The van der Waals surface area contributed by atoms with Crippen molar-refractivity contribution < 1.29 is 26.0 Å². The Labute approximate surface area is 184 Å². The summed E-state index contributed by atoms with van der Waals surface area (Å²) in [5, 5.41) is 2.65. The highest BCUT2D eigenvalue weighted by Crippen LogP contribution is 2.18. The molecule has 0 aliphatic carbocycles. The number of benzene rings is 2. The van der Waals surface area contributed by atoms with Crippen LogP contribution in [0.1, 0.15) is 12.8 Å². The summed E-state index contributed by atoms with van der Waals surface area (Å²) in [6.07, 6.45) is 0.256. The van der Waals surface area contributed by atoms with E-state index in [4.69, 9.17) is 4.42 Å². The number of hydrogen-bond acceptors (Lipinski definition) is 7. The molecule has 1 saturated heterocycles. The summed E-state index contributed by atoms with van der Waals surface area (Å²) >= 11 is 0. The molecule has 1 amide bonds. The second kappa shape index (κ2) is 8.52. The van der Waals surface area contributed by atoms with Gasteiger partial charge in [0.05, 0.1) is 21.9 Å². The smallest absolute Gasteiger partial charge is 0.408 e. The van der Waals surface area contributed by atoms with E-state index in [1.807, 2.05) is 0 Å². The van der Waals surface area contributed by atoms with Gasteiger partial charge in [0.2, 0.25) is 15.9 Å². The molecule has 3 aromatic rings. The number of carbonyl (C=O) groups is 1. The summed E-state index contributed by atoms with van der Waals surface area (Å²) in [6.45, 7) is 0.127. The lowest BCUT2D eigenvalue weighted by Gasteiger charge is -2.12. The minimum Gasteiger partial charge on any atom is -0.408 e. The number of nitrogens with zero attached hydrogens (tertiary/aromatic N) is 1. The van der Waals surface area contributed by atoms with Crippen molar-refractivity contribution in [3.8, 4) is 0 Å². The Balaban J connectivity index is 1.36. The summed E-state index contributed by atoms with van der Waals surface area (Å²) in [6, 6.07) is 11.8. The van der Waals surface area contributed by atoms with E-state index in [9.17, 15) is 26.4 Å². The number of aryl methyl sites for hydroxylation is 1. The van der Waals surface area contributed by atoms with Gasteiger partial charge in [0.25, 0.3) is 0 Å². The molecule has 2 N–H and O–H groups in total. The highest BCUT2D eigenvalue weighted by Gasteiger charge is 2.31. The highest BCUT2D eigenvalue weighted by molar-refractivity contribution is 7.92. The Morgan fingerprint density at radius 3 is 2.53 bits per heavy atom. The van der Waals surface area contributed by atoms with E-state index in [-0.39, 0.29) is 41.7 Å². The van der Waals surface area contributed by atoms with E-state index in [0.29, 0.717) is 16.8 Å². The number of amides is 1. The summed E-state index contributed by atoms with van der Waals surface area (Å²) in [4.78, 5) is 24.2. The van der Waals surface area contributed by atoms with Crippen molar-refractivity contribution in [2.45, 2.75) is 30.3 Å². The molecular weight excluding hydrogens is 458 g/mol. The zero-order valence-electron chi connectivity index (χ0n) is 16.9. The molecule has 10 nitrogen and oxygen atoms in total. The Morgan fingerprint density at radius 1 is 1.12 bits per heavy atom. The molecule has 0 bridgehead atoms. The van der Waals surface area contributed by atoms with Crippen LogP contribution in [0.5, 0.6) is 0 Å². The number of nitrogens with one attached hydrogen (secondary N) is 2. The minimum atomic E-state index is -3.88. The van der Waals surface area contributed by atoms with Crippen molar-refractivity contribution >= 4 is 42.6 Å². The third-order valence-corrected chi connectivity index (χ3v) is 8.44. The van der Waals surface area contributed by atoms with Gasteiger partial charge in [-0.25, -0.2) is 26.4 Å². The Bertz CT molecular complexity index is 1420. The van der Waals surface area contributed by atoms with Crippen LogP contribution in [0.15, 0.2) is 62.6 Å². The van der Waals surface area contributed by atoms with Gasteiger partial charge in [0, 0.05) is 24.7 Å². The molecule has 2 heterocycles. The zero-order valence-corrected chi connectivity index (χ0v) is 18.5. The van der Waals surface area contributed by atoms with Crippen LogP contribution in [0.4, 0.5) is 5.69 Å². The van der Waals surface area contributed by atoms with Crippen LogP contribution in [0.3, 0.4) is 0 Å². The maximum absolute atomic E-state index is 12.5. The molecular formula is C20H21N3O7S2. The van der Waals surface area contributed by atoms with Gasteiger partial charge in [0.1, 0.15) is 0 Å². The molecule has 1 atom stereocenters. The Hall–Kier alpha value is -2.96. The number of para-hydroxylation sites is 2. The van der Waals surface area contributed by atoms with Crippen molar-refractivity contribution in [3.05, 3.63) is 59.1 Å². The average Bonchev–Trinajstić information content (AvgIpc) is 3.23. The van der Waals surface area contributed by atoms with Gasteiger partial charge in [-0.1, -0.05) is 12.1 Å². The first kappa shape index (κ1) is 22.2. The molecule has 1 aliphatic heterocycles. The molecule has 0 unspecified atom stereocenters. The van der Waals surface area contributed by atoms with Crippen LogP contribution in [0.25, 0.3) is 11.1 Å². The number of aromatic nitrogens is 1. The molecule has 32 heavy (non-hydrogen) atoms. The fourth-order valence-corrected chi connectivity index (χ4v) is 6.60. The summed E-state index contributed by atoms with van der Waals surface area (Å²) in [7, 11) is -7.09. The monoisotopic (exact) mass is 479 g/mol. The first-order valence-corrected chi connectivity index (χ1v) is 13.1. The maximum Gasteiger partial charge on any atom is 0.419 e. The van der Waals surface area contributed by atoms with Crippen molar-refractivity contribution in [2.24, 2.45) is 0 Å². The second-order valence-electron chi connectivity index (χ2n) is 7.53. The Kier molecular flexibility index (Phi) is 5.93. The fraction of sp³-hybridized carbons (Fsp3) is 0.300. The number of sulfonamides is 1. The number of anilines is 1. The number of hydrogen-bond donors (Lipinski definition) is 2. The van der Waals surface area contributed by atoms with Gasteiger partial charge >= 0.3 is 5.76 Å². The largest absolute Gasteiger partial charge is 0.419 e. The number of fused-ring (bicyclic) bond motifs is 1. The summed E-state index contributed by atoms with van der Waals surface area (Å²) < 4.78 is 56.9. The molecule has 170 valence electrons. The van der Waals surface area contributed by atoms with Gasteiger partial charge < -0.3 is 9.73 Å². The lowest BCUT2D eigenvalue weighted by atomic mass is 10.3. The topological polar surface area (TPSA) is 145 Å². The SMILES string of the molecule is O=C(CCn1c(=O)oc2ccccc21)Nc1ccc(S(=O)(=O)N[C@@H]2CCS(=O)(=O)C2)cc1. The van der Waals surface area contributed by atoms with Crippen LogP contribution in [-0.4, -0.2) is 44.9 Å². The van der Waals surface area contributed by atoms with Gasteiger partial charge in [-0.2, -0.15) is 0 Å². The normalized spacial score (nSPS) is 18.1. The van der Waals surface area contributed by atoms with Gasteiger partial charge in [-0.15, -0.1) is 0 Å². The van der Waals surface area contributed by atoms with Crippen LogP contribution in [0, 0.1) is 0 Å². The number of carbonyl (C=O) groups excluding carboxylic acids is 1. The van der Waals surface area contributed by atoms with E-state index in [2.05, 4.69) is 10.0 Å². The predicted octanol–water partition coefficient (Wildman–Crippen LogP) is 1.09. The van der Waals surface area contributed by atoms with E-state index in [0.717, 1.165) is 0 Å². The molecule has 0 spiro atoms. The zero-order chi connectivity index (χ0) is 22.9. The van der Waals surface area contributed by atoms with Gasteiger partial charge in [-0.05, 0) is 42.8 Å². The predicted molar refractivity (Wildman–Crippen MR) is 118 cm³/mol. The van der Waals surface area contributed by atoms with Crippen molar-refractivity contribution in [3.63, 3.8) is 0 Å². The van der Waals surface area contributed by atoms with Crippen molar-refractivity contribution in [2.75, 3.05) is 16.8 Å². The first-order valence-electron chi connectivity index (χ1n) is 9.84. The standard InChI is InChI=1S/C20H21N3O7S2/c24-19(9-11-23-17-3-1-2-4-18(17)30-20(23)25)21-14-5-7-16(8-6-14)32(28,29)22-15-10-12-31(26,27)13-15/h1-8,15,22H,9-13H2,(H,21,24)/t15-/m1/s1. The highest BCUT2D eigenvalue weighted by atomic mass is 32.2. The number of oxazole rings is 1. The molecule has 12 heteroatoms.